The van der Waals surface area contributed by atoms with E-state index in [-0.39, 0.29) is 18.4 Å². The predicted octanol–water partition coefficient (Wildman–Crippen LogP) is 1.75. The number of hydrogen-bond donors (Lipinski definition) is 2. The molecule has 1 aliphatic heterocycles. The third kappa shape index (κ3) is 2.73. The van der Waals surface area contributed by atoms with E-state index in [2.05, 4.69) is 10.6 Å². The Labute approximate surface area is 139 Å². The fourth-order valence-electron chi connectivity index (χ4n) is 3.29. The molecule has 23 heavy (non-hydrogen) atoms. The van der Waals surface area contributed by atoms with E-state index >= 15 is 0 Å². The maximum atomic E-state index is 12.9. The van der Waals surface area contributed by atoms with Gasteiger partial charge in [-0.2, -0.15) is 0 Å². The Balaban J connectivity index is 1.83. The van der Waals surface area contributed by atoms with Gasteiger partial charge in [-0.1, -0.05) is 0 Å². The Kier molecular flexibility index (Phi) is 3.71. The Hall–Kier alpha value is -1.89. The molecule has 4 amide bonds. The van der Waals surface area contributed by atoms with Gasteiger partial charge in [-0.3, -0.25) is 14.5 Å². The van der Waals surface area contributed by atoms with Crippen LogP contribution in [0.15, 0.2) is 11.4 Å². The summed E-state index contributed by atoms with van der Waals surface area (Å²) in [7, 11) is 0. The van der Waals surface area contributed by atoms with Gasteiger partial charge in [0.2, 0.25) is 5.91 Å². The first-order valence-electron chi connectivity index (χ1n) is 7.75. The molecule has 1 saturated heterocycles. The topological polar surface area (TPSA) is 78.5 Å². The molecular weight excluding hydrogens is 314 g/mol. The van der Waals surface area contributed by atoms with Gasteiger partial charge >= 0.3 is 6.03 Å². The molecule has 0 saturated carbocycles. The number of thiophene rings is 1. The summed E-state index contributed by atoms with van der Waals surface area (Å²) in [4.78, 5) is 39.5. The highest BCUT2D eigenvalue weighted by Gasteiger charge is 2.54. The summed E-state index contributed by atoms with van der Waals surface area (Å²) in [5.74, 6) is -0.648. The molecule has 2 heterocycles. The van der Waals surface area contributed by atoms with Crippen molar-refractivity contribution in [2.45, 2.75) is 51.1 Å². The summed E-state index contributed by atoms with van der Waals surface area (Å²) in [6, 6.07) is 1.42. The van der Waals surface area contributed by atoms with E-state index in [1.54, 1.807) is 11.3 Å². The average molecular weight is 335 g/mol. The zero-order valence-corrected chi connectivity index (χ0v) is 14.4. The SMILES string of the molecule is CC(C)(C)NC(=O)CN1C(=O)N[C@]2(CCCc3sccc32)C1=O. The molecule has 0 unspecified atom stereocenters. The van der Waals surface area contributed by atoms with Crippen molar-refractivity contribution in [1.29, 1.82) is 0 Å². The highest BCUT2D eigenvalue weighted by atomic mass is 32.1. The van der Waals surface area contributed by atoms with Crippen LogP contribution in [0.3, 0.4) is 0 Å². The highest BCUT2D eigenvalue weighted by Crippen LogP contribution is 2.41. The number of aryl methyl sites for hydroxylation is 1. The van der Waals surface area contributed by atoms with Crippen LogP contribution in [0.5, 0.6) is 0 Å². The molecule has 2 N–H and O–H groups in total. The summed E-state index contributed by atoms with van der Waals surface area (Å²) in [6.07, 6.45) is 2.36. The van der Waals surface area contributed by atoms with E-state index in [4.69, 9.17) is 0 Å². The number of hydrogen-bond acceptors (Lipinski definition) is 4. The average Bonchev–Trinajstić information content (AvgIpc) is 2.98. The highest BCUT2D eigenvalue weighted by molar-refractivity contribution is 7.10. The number of amides is 4. The van der Waals surface area contributed by atoms with Crippen LogP contribution in [0, 0.1) is 0 Å². The molecule has 1 aliphatic carbocycles. The zero-order chi connectivity index (χ0) is 16.8. The minimum atomic E-state index is -0.979. The number of imide groups is 1. The van der Waals surface area contributed by atoms with Crippen LogP contribution in [0.2, 0.25) is 0 Å². The van der Waals surface area contributed by atoms with Gasteiger partial charge in [0.25, 0.3) is 5.91 Å². The van der Waals surface area contributed by atoms with Gasteiger partial charge in [-0.25, -0.2) is 4.79 Å². The molecule has 7 heteroatoms. The zero-order valence-electron chi connectivity index (χ0n) is 13.6. The molecule has 0 radical (unpaired) electrons. The summed E-state index contributed by atoms with van der Waals surface area (Å²) >= 11 is 1.61. The first kappa shape index (κ1) is 16.0. The smallest absolute Gasteiger partial charge is 0.325 e. The Morgan fingerprint density at radius 3 is 2.87 bits per heavy atom. The second kappa shape index (κ2) is 5.33. The number of nitrogens with one attached hydrogen (secondary N) is 2. The number of fused-ring (bicyclic) bond motifs is 2. The van der Waals surface area contributed by atoms with Crippen LogP contribution in [-0.2, 0) is 21.5 Å². The van der Waals surface area contributed by atoms with Crippen molar-refractivity contribution in [2.24, 2.45) is 0 Å². The largest absolute Gasteiger partial charge is 0.350 e. The van der Waals surface area contributed by atoms with E-state index in [0.717, 1.165) is 28.2 Å². The van der Waals surface area contributed by atoms with E-state index in [9.17, 15) is 14.4 Å². The molecular formula is C16H21N3O3S. The molecule has 1 aromatic rings. The molecule has 1 aromatic heterocycles. The van der Waals surface area contributed by atoms with Crippen LogP contribution in [0.25, 0.3) is 0 Å². The summed E-state index contributed by atoms with van der Waals surface area (Å²) in [5.41, 5.74) is -0.489. The maximum Gasteiger partial charge on any atom is 0.325 e. The lowest BCUT2D eigenvalue weighted by molar-refractivity contribution is -0.136. The Bertz CT molecular complexity index is 676. The number of rotatable bonds is 2. The number of nitrogens with zero attached hydrogens (tertiary/aromatic N) is 1. The van der Waals surface area contributed by atoms with Crippen LogP contribution in [-0.4, -0.2) is 34.8 Å². The summed E-state index contributed by atoms with van der Waals surface area (Å²) < 4.78 is 0. The molecule has 124 valence electrons. The maximum absolute atomic E-state index is 12.9. The van der Waals surface area contributed by atoms with Crippen molar-refractivity contribution in [2.75, 3.05) is 6.54 Å². The van der Waals surface area contributed by atoms with Crippen molar-refractivity contribution in [3.63, 3.8) is 0 Å². The van der Waals surface area contributed by atoms with Crippen molar-refractivity contribution in [3.8, 4) is 0 Å². The van der Waals surface area contributed by atoms with E-state index in [1.807, 2.05) is 32.2 Å². The van der Waals surface area contributed by atoms with E-state index in [0.29, 0.717) is 6.42 Å². The second-order valence-corrected chi connectivity index (χ2v) is 8.14. The third-order valence-electron chi connectivity index (χ3n) is 4.15. The van der Waals surface area contributed by atoms with Gasteiger partial charge in [0, 0.05) is 16.0 Å². The molecule has 3 rings (SSSR count). The molecule has 6 nitrogen and oxygen atoms in total. The fourth-order valence-corrected chi connectivity index (χ4v) is 4.29. The Morgan fingerprint density at radius 1 is 1.43 bits per heavy atom. The number of carbonyl (C=O) groups is 3. The quantitative estimate of drug-likeness (QED) is 0.808. The van der Waals surface area contributed by atoms with Crippen LogP contribution >= 0.6 is 11.3 Å². The van der Waals surface area contributed by atoms with Crippen LogP contribution in [0.1, 0.15) is 44.1 Å². The number of urea groups is 1. The lowest BCUT2D eigenvalue weighted by Gasteiger charge is -2.31. The minimum Gasteiger partial charge on any atom is -0.350 e. The normalized spacial score (nSPS) is 23.9. The number of carbonyl (C=O) groups excluding carboxylic acids is 3. The van der Waals surface area contributed by atoms with Gasteiger partial charge in [-0.05, 0) is 51.5 Å². The standard InChI is InChI=1S/C16H21N3O3S/c1-15(2,3)17-12(20)9-19-13(21)16(18-14(19)22)7-4-5-11-10(16)6-8-23-11/h6,8H,4-5,7,9H2,1-3H3,(H,17,20)(H,18,22)/t16-/m0/s1. The predicted molar refractivity (Wildman–Crippen MR) is 87.1 cm³/mol. The third-order valence-corrected chi connectivity index (χ3v) is 5.13. The van der Waals surface area contributed by atoms with Crippen molar-refractivity contribution in [3.05, 3.63) is 21.9 Å². The first-order chi connectivity index (χ1) is 10.7. The molecule has 1 fully saturated rings. The second-order valence-electron chi connectivity index (χ2n) is 7.14. The summed E-state index contributed by atoms with van der Waals surface area (Å²) in [6.45, 7) is 5.33. The molecule has 0 bridgehead atoms. The van der Waals surface area contributed by atoms with Crippen molar-refractivity contribution >= 4 is 29.2 Å². The molecule has 1 atom stereocenters. The van der Waals surface area contributed by atoms with Gasteiger partial charge in [-0.15, -0.1) is 11.3 Å². The molecule has 1 spiro atoms. The fraction of sp³-hybridized carbons (Fsp3) is 0.562. The molecule has 0 aromatic carbocycles. The minimum absolute atomic E-state index is 0.247. The van der Waals surface area contributed by atoms with Crippen LogP contribution < -0.4 is 10.6 Å². The van der Waals surface area contributed by atoms with Gasteiger partial charge in [0.1, 0.15) is 12.1 Å². The van der Waals surface area contributed by atoms with Crippen LogP contribution in [0.4, 0.5) is 4.79 Å². The lowest BCUT2D eigenvalue weighted by atomic mass is 9.80. The monoisotopic (exact) mass is 335 g/mol. The lowest BCUT2D eigenvalue weighted by Crippen LogP contribution is -2.49. The Morgan fingerprint density at radius 2 is 2.17 bits per heavy atom. The molecule has 2 aliphatic rings. The van der Waals surface area contributed by atoms with Crippen molar-refractivity contribution < 1.29 is 14.4 Å². The first-order valence-corrected chi connectivity index (χ1v) is 8.63. The van der Waals surface area contributed by atoms with E-state index < -0.39 is 17.1 Å². The van der Waals surface area contributed by atoms with E-state index in [1.165, 1.54) is 0 Å². The summed E-state index contributed by atoms with van der Waals surface area (Å²) in [5, 5.41) is 7.58. The van der Waals surface area contributed by atoms with Crippen molar-refractivity contribution in [1.82, 2.24) is 15.5 Å². The van der Waals surface area contributed by atoms with Gasteiger partial charge in [0.15, 0.2) is 0 Å². The van der Waals surface area contributed by atoms with Gasteiger partial charge < -0.3 is 10.6 Å². The van der Waals surface area contributed by atoms with Gasteiger partial charge in [0.05, 0.1) is 0 Å².